The van der Waals surface area contributed by atoms with Gasteiger partial charge in [-0.05, 0) is 23.8 Å². The van der Waals surface area contributed by atoms with Crippen molar-refractivity contribution in [3.8, 4) is 5.75 Å². The van der Waals surface area contributed by atoms with Crippen molar-refractivity contribution < 1.29 is 19.2 Å². The van der Waals surface area contributed by atoms with Gasteiger partial charge in [0.1, 0.15) is 5.75 Å². The number of rotatable bonds is 7. The number of non-ortho nitro benzene ring substituents is 1. The number of hydrogen-bond acceptors (Lipinski definition) is 5. The van der Waals surface area contributed by atoms with Crippen LogP contribution >= 0.6 is 0 Å². The molecule has 0 unspecified atom stereocenters. The van der Waals surface area contributed by atoms with Crippen LogP contribution in [0, 0.1) is 10.1 Å². The highest BCUT2D eigenvalue weighted by Gasteiger charge is 2.10. The number of benzene rings is 2. The number of nitrogens with zero attached hydrogens (tertiary/aromatic N) is 2. The molecule has 0 aliphatic heterocycles. The molecule has 0 radical (unpaired) electrons. The molecule has 0 aliphatic carbocycles. The lowest BCUT2D eigenvalue weighted by atomic mass is 10.1. The molecule has 1 N–H and O–H groups in total. The summed E-state index contributed by atoms with van der Waals surface area (Å²) >= 11 is 0. The Morgan fingerprint density at radius 1 is 1.15 bits per heavy atom. The summed E-state index contributed by atoms with van der Waals surface area (Å²) in [6, 6.07) is 12.6. The van der Waals surface area contributed by atoms with Gasteiger partial charge in [0, 0.05) is 32.3 Å². The number of ether oxygens (including phenoxy) is 1. The Morgan fingerprint density at radius 2 is 1.88 bits per heavy atom. The number of hydrogen-bond donors (Lipinski definition) is 1. The molecule has 0 heterocycles. The molecular weight excluding hydrogens is 338 g/mol. The van der Waals surface area contributed by atoms with Crippen molar-refractivity contribution in [2.45, 2.75) is 6.54 Å². The Labute approximate surface area is 150 Å². The van der Waals surface area contributed by atoms with Crippen molar-refractivity contribution in [3.63, 3.8) is 0 Å². The van der Waals surface area contributed by atoms with Gasteiger partial charge in [-0.25, -0.2) is 0 Å². The van der Waals surface area contributed by atoms with Gasteiger partial charge < -0.3 is 15.0 Å². The lowest BCUT2D eigenvalue weighted by Gasteiger charge is -2.12. The maximum atomic E-state index is 11.9. The lowest BCUT2D eigenvalue weighted by Crippen LogP contribution is -2.28. The first-order valence-corrected chi connectivity index (χ1v) is 7.81. The molecule has 0 spiro atoms. The maximum absolute atomic E-state index is 11.9. The Balaban J connectivity index is 1.87. The highest BCUT2D eigenvalue weighted by Crippen LogP contribution is 2.18. The van der Waals surface area contributed by atoms with Crippen molar-refractivity contribution in [3.05, 3.63) is 69.8 Å². The average Bonchev–Trinajstić information content (AvgIpc) is 2.64. The summed E-state index contributed by atoms with van der Waals surface area (Å²) in [5.41, 5.74) is 1.21. The molecule has 2 rings (SSSR count). The fraction of sp³-hybridized carbons (Fsp3) is 0.222. The summed E-state index contributed by atoms with van der Waals surface area (Å²) in [7, 11) is 3.34. The third-order valence-corrected chi connectivity index (χ3v) is 3.47. The van der Waals surface area contributed by atoms with Gasteiger partial charge in [-0.2, -0.15) is 0 Å². The van der Waals surface area contributed by atoms with Crippen molar-refractivity contribution >= 4 is 17.5 Å². The van der Waals surface area contributed by atoms with E-state index in [2.05, 4.69) is 5.32 Å². The van der Waals surface area contributed by atoms with Gasteiger partial charge in [-0.3, -0.25) is 19.7 Å². The number of nitro groups is 1. The number of carbonyl (C=O) groups is 2. The molecule has 2 aromatic rings. The second-order valence-electron chi connectivity index (χ2n) is 5.72. The largest absolute Gasteiger partial charge is 0.484 e. The predicted molar refractivity (Wildman–Crippen MR) is 94.9 cm³/mol. The molecule has 0 aromatic heterocycles. The summed E-state index contributed by atoms with van der Waals surface area (Å²) in [6.45, 7) is -0.0246. The van der Waals surface area contributed by atoms with Crippen LogP contribution in [0.3, 0.4) is 0 Å². The van der Waals surface area contributed by atoms with Crippen LogP contribution in [0.1, 0.15) is 15.9 Å². The van der Waals surface area contributed by atoms with E-state index in [1.165, 1.54) is 29.2 Å². The highest BCUT2D eigenvalue weighted by atomic mass is 16.6. The molecule has 2 amide bonds. The molecule has 136 valence electrons. The maximum Gasteiger partial charge on any atom is 0.273 e. The van der Waals surface area contributed by atoms with E-state index in [0.29, 0.717) is 5.56 Å². The first-order chi connectivity index (χ1) is 12.4. The summed E-state index contributed by atoms with van der Waals surface area (Å²) in [6.07, 6.45) is 0. The normalized spacial score (nSPS) is 10.1. The summed E-state index contributed by atoms with van der Waals surface area (Å²) in [5.74, 6) is -0.249. The standard InChI is InChI=1S/C18H19N3O5/c1-20(2)18(23)14-6-3-5-13(9-14)11-19-17(22)12-26-16-8-4-7-15(10-16)21(24)25/h3-10H,11-12H2,1-2H3,(H,19,22). The topological polar surface area (TPSA) is 102 Å². The first-order valence-electron chi connectivity index (χ1n) is 7.81. The van der Waals surface area contributed by atoms with Gasteiger partial charge in [-0.1, -0.05) is 18.2 Å². The van der Waals surface area contributed by atoms with Crippen molar-refractivity contribution in [1.29, 1.82) is 0 Å². The van der Waals surface area contributed by atoms with E-state index < -0.39 is 4.92 Å². The third-order valence-electron chi connectivity index (χ3n) is 3.47. The van der Waals surface area contributed by atoms with Crippen LogP contribution in [0.2, 0.25) is 0 Å². The molecule has 0 aliphatic rings. The van der Waals surface area contributed by atoms with E-state index in [0.717, 1.165) is 5.56 Å². The molecule has 0 bridgehead atoms. The zero-order chi connectivity index (χ0) is 19.1. The van der Waals surface area contributed by atoms with Crippen molar-refractivity contribution in [1.82, 2.24) is 10.2 Å². The van der Waals surface area contributed by atoms with Gasteiger partial charge >= 0.3 is 0 Å². The van der Waals surface area contributed by atoms with Gasteiger partial charge in [0.05, 0.1) is 11.0 Å². The van der Waals surface area contributed by atoms with Crippen molar-refractivity contribution in [2.75, 3.05) is 20.7 Å². The van der Waals surface area contributed by atoms with Gasteiger partial charge in [-0.15, -0.1) is 0 Å². The van der Waals surface area contributed by atoms with Crippen LogP contribution in [0.15, 0.2) is 48.5 Å². The van der Waals surface area contributed by atoms with E-state index in [1.54, 1.807) is 38.4 Å². The van der Waals surface area contributed by atoms with Gasteiger partial charge in [0.25, 0.3) is 17.5 Å². The van der Waals surface area contributed by atoms with E-state index in [4.69, 9.17) is 4.74 Å². The van der Waals surface area contributed by atoms with E-state index in [-0.39, 0.29) is 36.4 Å². The minimum absolute atomic E-state index is 0.106. The summed E-state index contributed by atoms with van der Waals surface area (Å²) < 4.78 is 5.26. The molecular formula is C18H19N3O5. The zero-order valence-electron chi connectivity index (χ0n) is 14.5. The van der Waals surface area contributed by atoms with E-state index in [9.17, 15) is 19.7 Å². The lowest BCUT2D eigenvalue weighted by molar-refractivity contribution is -0.384. The fourth-order valence-corrected chi connectivity index (χ4v) is 2.16. The fourth-order valence-electron chi connectivity index (χ4n) is 2.16. The van der Waals surface area contributed by atoms with Gasteiger partial charge in [0.2, 0.25) is 0 Å². The number of nitrogens with one attached hydrogen (secondary N) is 1. The van der Waals surface area contributed by atoms with Crippen LogP contribution in [0.25, 0.3) is 0 Å². The number of amides is 2. The molecule has 0 saturated heterocycles. The molecule has 0 fully saturated rings. The van der Waals surface area contributed by atoms with Gasteiger partial charge in [0.15, 0.2) is 6.61 Å². The quantitative estimate of drug-likeness (QED) is 0.603. The molecule has 8 heteroatoms. The molecule has 0 atom stereocenters. The minimum atomic E-state index is -0.533. The second-order valence-corrected chi connectivity index (χ2v) is 5.72. The SMILES string of the molecule is CN(C)C(=O)c1cccc(CNC(=O)COc2cccc([N+](=O)[O-])c2)c1. The van der Waals surface area contributed by atoms with Crippen LogP contribution in [-0.4, -0.2) is 42.3 Å². The Bertz CT molecular complexity index is 820. The molecule has 0 saturated carbocycles. The minimum Gasteiger partial charge on any atom is -0.484 e. The second kappa shape index (κ2) is 8.61. The summed E-state index contributed by atoms with van der Waals surface area (Å²) in [4.78, 5) is 35.5. The predicted octanol–water partition coefficient (Wildman–Crippen LogP) is 1.99. The molecule has 2 aromatic carbocycles. The average molecular weight is 357 g/mol. The van der Waals surface area contributed by atoms with Crippen LogP contribution < -0.4 is 10.1 Å². The zero-order valence-corrected chi connectivity index (χ0v) is 14.5. The number of carbonyl (C=O) groups excluding carboxylic acids is 2. The molecule has 8 nitrogen and oxygen atoms in total. The van der Waals surface area contributed by atoms with E-state index >= 15 is 0 Å². The monoisotopic (exact) mass is 357 g/mol. The Kier molecular flexibility index (Phi) is 6.26. The Morgan fingerprint density at radius 3 is 2.58 bits per heavy atom. The van der Waals surface area contributed by atoms with Crippen LogP contribution in [0.4, 0.5) is 5.69 Å². The smallest absolute Gasteiger partial charge is 0.273 e. The third kappa shape index (κ3) is 5.30. The summed E-state index contributed by atoms with van der Waals surface area (Å²) in [5, 5.41) is 13.4. The molecule has 26 heavy (non-hydrogen) atoms. The highest BCUT2D eigenvalue weighted by molar-refractivity contribution is 5.94. The first kappa shape index (κ1) is 18.9. The van der Waals surface area contributed by atoms with Crippen LogP contribution in [-0.2, 0) is 11.3 Å². The van der Waals surface area contributed by atoms with E-state index in [1.807, 2.05) is 0 Å². The number of nitro benzene ring substituents is 1. The van der Waals surface area contributed by atoms with Crippen LogP contribution in [0.5, 0.6) is 5.75 Å². The van der Waals surface area contributed by atoms with Crippen molar-refractivity contribution in [2.24, 2.45) is 0 Å². The Hall–Kier alpha value is -3.42.